The first-order valence-corrected chi connectivity index (χ1v) is 10.9. The molecule has 0 bridgehead atoms. The lowest BCUT2D eigenvalue weighted by molar-refractivity contribution is -0.115. The lowest BCUT2D eigenvalue weighted by Gasteiger charge is -2.11. The number of hydrogen-bond acceptors (Lipinski definition) is 6. The minimum absolute atomic E-state index is 0.0695. The number of carbonyl (C=O) groups excluding carboxylic acids is 1. The first kappa shape index (κ1) is 18.2. The first-order valence-electron chi connectivity index (χ1n) is 9.11. The molecule has 0 saturated heterocycles. The molecule has 0 unspecified atom stereocenters. The number of thiazole rings is 1. The molecule has 0 saturated carbocycles. The zero-order chi connectivity index (χ0) is 18.6. The highest BCUT2D eigenvalue weighted by Crippen LogP contribution is 2.28. The van der Waals surface area contributed by atoms with E-state index in [9.17, 15) is 4.79 Å². The van der Waals surface area contributed by atoms with Crippen LogP contribution in [-0.4, -0.2) is 30.9 Å². The second-order valence-corrected chi connectivity index (χ2v) is 8.68. The normalized spacial score (nSPS) is 15.0. The number of hydrogen-bond donors (Lipinski definition) is 1. The molecule has 8 heteroatoms. The lowest BCUT2D eigenvalue weighted by atomic mass is 10.2. The van der Waals surface area contributed by atoms with Crippen molar-refractivity contribution in [3.63, 3.8) is 0 Å². The highest BCUT2D eigenvalue weighted by molar-refractivity contribution is 8.00. The predicted molar refractivity (Wildman–Crippen MR) is 109 cm³/mol. The summed E-state index contributed by atoms with van der Waals surface area (Å²) >= 11 is 2.90. The summed E-state index contributed by atoms with van der Waals surface area (Å²) in [6.07, 6.45) is 4.49. The summed E-state index contributed by atoms with van der Waals surface area (Å²) in [5.74, 6) is 0.968. The Labute approximate surface area is 166 Å². The SMILES string of the molecule is C[C@H](Sc1nnc2n1CCCCC2)C(=O)Nc1nc(-c2ccccc2)cs1. The molecule has 0 spiro atoms. The number of carbonyl (C=O) groups is 1. The van der Waals surface area contributed by atoms with E-state index in [2.05, 4.69) is 25.1 Å². The van der Waals surface area contributed by atoms with Crippen molar-refractivity contribution >= 4 is 34.1 Å². The third-order valence-electron chi connectivity index (χ3n) is 4.53. The van der Waals surface area contributed by atoms with Crippen molar-refractivity contribution in [2.24, 2.45) is 0 Å². The van der Waals surface area contributed by atoms with Crippen LogP contribution >= 0.6 is 23.1 Å². The summed E-state index contributed by atoms with van der Waals surface area (Å²) in [6.45, 7) is 2.83. The van der Waals surface area contributed by atoms with Crippen molar-refractivity contribution in [3.05, 3.63) is 41.5 Å². The van der Waals surface area contributed by atoms with Crippen molar-refractivity contribution in [1.82, 2.24) is 19.7 Å². The number of anilines is 1. The molecule has 3 aromatic rings. The Morgan fingerprint density at radius 1 is 1.22 bits per heavy atom. The van der Waals surface area contributed by atoms with Crippen LogP contribution < -0.4 is 5.32 Å². The quantitative estimate of drug-likeness (QED) is 0.650. The number of thioether (sulfide) groups is 1. The maximum Gasteiger partial charge on any atom is 0.239 e. The van der Waals surface area contributed by atoms with Crippen molar-refractivity contribution in [2.45, 2.75) is 49.6 Å². The van der Waals surface area contributed by atoms with E-state index >= 15 is 0 Å². The van der Waals surface area contributed by atoms with Gasteiger partial charge in [-0.25, -0.2) is 4.98 Å². The number of fused-ring (bicyclic) bond motifs is 1. The first-order chi connectivity index (χ1) is 13.2. The van der Waals surface area contributed by atoms with Crippen molar-refractivity contribution in [3.8, 4) is 11.3 Å². The maximum absolute atomic E-state index is 12.6. The van der Waals surface area contributed by atoms with E-state index in [0.29, 0.717) is 5.13 Å². The smallest absolute Gasteiger partial charge is 0.239 e. The molecule has 4 rings (SSSR count). The molecule has 0 fully saturated rings. The Bertz CT molecular complexity index is 921. The van der Waals surface area contributed by atoms with E-state index in [-0.39, 0.29) is 11.2 Å². The number of nitrogens with zero attached hydrogens (tertiary/aromatic N) is 4. The number of aryl methyl sites for hydroxylation is 1. The molecule has 140 valence electrons. The molecule has 6 nitrogen and oxygen atoms in total. The number of amides is 1. The fourth-order valence-corrected chi connectivity index (χ4v) is 4.65. The van der Waals surface area contributed by atoms with Gasteiger partial charge in [0.1, 0.15) is 5.82 Å². The average Bonchev–Trinajstić information content (AvgIpc) is 3.23. The highest BCUT2D eigenvalue weighted by atomic mass is 32.2. The Hall–Kier alpha value is -2.19. The lowest BCUT2D eigenvalue weighted by Crippen LogP contribution is -2.23. The summed E-state index contributed by atoms with van der Waals surface area (Å²) in [5.41, 5.74) is 1.92. The molecule has 0 aliphatic carbocycles. The molecule has 1 aromatic carbocycles. The number of aromatic nitrogens is 4. The summed E-state index contributed by atoms with van der Waals surface area (Å²) in [5, 5.41) is 14.7. The van der Waals surface area contributed by atoms with E-state index < -0.39 is 0 Å². The summed E-state index contributed by atoms with van der Waals surface area (Å²) in [7, 11) is 0. The average molecular weight is 400 g/mol. The Kier molecular flexibility index (Phi) is 5.54. The van der Waals surface area contributed by atoms with E-state index in [1.165, 1.54) is 29.5 Å². The number of benzene rings is 1. The monoisotopic (exact) mass is 399 g/mol. The molecule has 1 N–H and O–H groups in total. The molecule has 2 aromatic heterocycles. The number of rotatable bonds is 5. The van der Waals surface area contributed by atoms with Gasteiger partial charge in [-0.1, -0.05) is 48.5 Å². The molecular weight excluding hydrogens is 378 g/mol. The largest absolute Gasteiger partial charge is 0.306 e. The predicted octanol–water partition coefficient (Wildman–Crippen LogP) is 4.25. The topological polar surface area (TPSA) is 72.7 Å². The van der Waals surface area contributed by atoms with E-state index in [1.807, 2.05) is 42.6 Å². The minimum atomic E-state index is -0.273. The van der Waals surface area contributed by atoms with Gasteiger partial charge in [-0.15, -0.1) is 21.5 Å². The van der Waals surface area contributed by atoms with Gasteiger partial charge in [-0.2, -0.15) is 0 Å². The Balaban J connectivity index is 1.40. The fraction of sp³-hybridized carbons (Fsp3) is 0.368. The van der Waals surface area contributed by atoms with E-state index in [0.717, 1.165) is 48.0 Å². The molecular formula is C19H21N5OS2. The summed E-state index contributed by atoms with van der Waals surface area (Å²) in [4.78, 5) is 17.1. The molecule has 27 heavy (non-hydrogen) atoms. The molecule has 1 aliphatic rings. The van der Waals surface area contributed by atoms with Gasteiger partial charge in [-0.05, 0) is 19.8 Å². The van der Waals surface area contributed by atoms with Crippen LogP contribution in [0.2, 0.25) is 0 Å². The minimum Gasteiger partial charge on any atom is -0.306 e. The van der Waals surface area contributed by atoms with Crippen molar-refractivity contribution < 1.29 is 4.79 Å². The van der Waals surface area contributed by atoms with E-state index in [4.69, 9.17) is 0 Å². The zero-order valence-corrected chi connectivity index (χ0v) is 16.7. The van der Waals surface area contributed by atoms with Gasteiger partial charge in [0, 0.05) is 23.9 Å². The Morgan fingerprint density at radius 2 is 2.07 bits per heavy atom. The van der Waals surface area contributed by atoms with Crippen LogP contribution in [0.15, 0.2) is 40.9 Å². The zero-order valence-electron chi connectivity index (χ0n) is 15.1. The molecule has 1 amide bonds. The van der Waals surface area contributed by atoms with Gasteiger partial charge >= 0.3 is 0 Å². The molecule has 1 aliphatic heterocycles. The Morgan fingerprint density at radius 3 is 2.93 bits per heavy atom. The van der Waals surface area contributed by atoms with Crippen LogP contribution in [-0.2, 0) is 17.8 Å². The van der Waals surface area contributed by atoms with E-state index in [1.54, 1.807) is 0 Å². The summed E-state index contributed by atoms with van der Waals surface area (Å²) < 4.78 is 2.17. The van der Waals surface area contributed by atoms with Crippen molar-refractivity contribution in [2.75, 3.05) is 5.32 Å². The highest BCUT2D eigenvalue weighted by Gasteiger charge is 2.21. The third-order valence-corrected chi connectivity index (χ3v) is 6.37. The van der Waals surface area contributed by atoms with Gasteiger partial charge in [-0.3, -0.25) is 4.79 Å². The van der Waals surface area contributed by atoms with Crippen LogP contribution in [0.5, 0.6) is 0 Å². The second kappa shape index (κ2) is 8.22. The van der Waals surface area contributed by atoms with Gasteiger partial charge in [0.2, 0.25) is 5.91 Å². The van der Waals surface area contributed by atoms with Gasteiger partial charge in [0.15, 0.2) is 10.3 Å². The summed E-state index contributed by atoms with van der Waals surface area (Å²) in [6, 6.07) is 9.95. The van der Waals surface area contributed by atoms with Crippen LogP contribution in [0.3, 0.4) is 0 Å². The van der Waals surface area contributed by atoms with Gasteiger partial charge in [0.25, 0.3) is 0 Å². The van der Waals surface area contributed by atoms with Crippen molar-refractivity contribution in [1.29, 1.82) is 0 Å². The third kappa shape index (κ3) is 4.22. The molecule has 3 heterocycles. The fourth-order valence-electron chi connectivity index (χ4n) is 3.04. The van der Waals surface area contributed by atoms with Crippen LogP contribution in [0.25, 0.3) is 11.3 Å². The maximum atomic E-state index is 12.6. The number of nitrogens with one attached hydrogen (secondary N) is 1. The molecule has 0 radical (unpaired) electrons. The molecule has 1 atom stereocenters. The van der Waals surface area contributed by atoms with Gasteiger partial charge in [0.05, 0.1) is 10.9 Å². The van der Waals surface area contributed by atoms with Crippen LogP contribution in [0, 0.1) is 0 Å². The van der Waals surface area contributed by atoms with Crippen LogP contribution in [0.4, 0.5) is 5.13 Å². The van der Waals surface area contributed by atoms with Gasteiger partial charge < -0.3 is 9.88 Å². The standard InChI is InChI=1S/C19H21N5OS2/c1-13(27-19-23-22-16-10-6-3-7-11-24(16)19)17(25)21-18-20-15(12-26-18)14-8-4-2-5-9-14/h2,4-5,8-9,12-13H,3,6-7,10-11H2,1H3,(H,20,21,25)/t13-/m0/s1. The van der Waals surface area contributed by atoms with Crippen LogP contribution in [0.1, 0.15) is 32.0 Å². The second-order valence-electron chi connectivity index (χ2n) is 6.51.